The highest BCUT2D eigenvalue weighted by Gasteiger charge is 2.21. The van der Waals surface area contributed by atoms with Crippen LogP contribution in [0.3, 0.4) is 0 Å². The summed E-state index contributed by atoms with van der Waals surface area (Å²) in [5, 5.41) is 25.8. The Labute approximate surface area is 514 Å². The van der Waals surface area contributed by atoms with E-state index < -0.39 is 11.9 Å². The molecule has 7 aromatic carbocycles. The van der Waals surface area contributed by atoms with Gasteiger partial charge in [0.2, 0.25) is 0 Å². The van der Waals surface area contributed by atoms with E-state index in [-0.39, 0.29) is 30.5 Å². The first-order chi connectivity index (χ1) is 43.0. The van der Waals surface area contributed by atoms with Crippen molar-refractivity contribution in [3.63, 3.8) is 0 Å². The second-order valence-corrected chi connectivity index (χ2v) is 19.6. The van der Waals surface area contributed by atoms with E-state index in [9.17, 15) is 14.4 Å². The van der Waals surface area contributed by atoms with Crippen molar-refractivity contribution < 1.29 is 65.9 Å². The third-order valence-electron chi connectivity index (χ3n) is 13.2. The smallest absolute Gasteiger partial charge is 0.341 e. The van der Waals surface area contributed by atoms with Crippen molar-refractivity contribution in [1.82, 2.24) is 0 Å². The van der Waals surface area contributed by atoms with Crippen LogP contribution in [0.1, 0.15) is 88.9 Å². The number of hydrogen-bond acceptors (Lipinski definition) is 17. The highest BCUT2D eigenvalue weighted by molar-refractivity contribution is 6.02. The fraction of sp³-hybridized carbons (Fsp3) is 0.214. The Morgan fingerprint density at radius 2 is 1.01 bits per heavy atom. The lowest BCUT2D eigenvalue weighted by atomic mass is 10.1. The van der Waals surface area contributed by atoms with E-state index in [4.69, 9.17) is 60.8 Å². The van der Waals surface area contributed by atoms with Gasteiger partial charge >= 0.3 is 17.9 Å². The Kier molecular flexibility index (Phi) is 25.6. The molecule has 0 saturated carbocycles. The maximum Gasteiger partial charge on any atom is 0.341 e. The standard InChI is InChI=1S/2C11H10O3.C10H9N3O.C10H13NO.C10H11NO.C10H10O2.C8H8O3/c1-7-6-8-4-3-5-9(10(8)14-7)11(12)13-2;1-3-8-14-10-7-5-4-6-9(10)11(12)13-2;1-7-5-8-3-2-4-9(6-12-13-11)10(8)14-7;3*1-7-5-8-3-2-4-9(6-11)10(8)12-7;1-11-8(10)6-4-2-3-5-7(6)9/h3-6H,1-2H3;1,4-7H,8H2,2H3;2-5H,6H2,1H3;2-4,7H,5-6,11H2,1H3;2-5H,6,11H2,1H3;2-5,11H,6H2,1H3;2-5,9H,1H3. The molecule has 0 bridgehead atoms. The number of azide groups is 1. The van der Waals surface area contributed by atoms with Crippen LogP contribution in [-0.2, 0) is 46.9 Å². The zero-order valence-electron chi connectivity index (χ0n) is 50.8. The summed E-state index contributed by atoms with van der Waals surface area (Å²) in [4.78, 5) is 36.2. The lowest BCUT2D eigenvalue weighted by Gasteiger charge is -2.06. The number of phenolic OH excluding ortho intramolecular Hbond substituents is 1. The minimum Gasteiger partial charge on any atom is -0.507 e. The number of furan rings is 4. The van der Waals surface area contributed by atoms with Crippen molar-refractivity contribution in [2.45, 2.75) is 73.4 Å². The number of aliphatic hydroxyl groups excluding tert-OH is 1. The van der Waals surface area contributed by atoms with Gasteiger partial charge in [-0.25, -0.2) is 14.4 Å². The number of methoxy groups -OCH3 is 3. The molecular formula is C70H71N5O14. The van der Waals surface area contributed by atoms with Gasteiger partial charge in [-0.15, -0.1) is 6.42 Å². The van der Waals surface area contributed by atoms with Gasteiger partial charge in [0.05, 0.1) is 34.5 Å². The number of esters is 3. The normalized spacial score (nSPS) is 11.4. The number of carbonyl (C=O) groups is 3. The number of phenols is 1. The number of rotatable bonds is 10. The van der Waals surface area contributed by atoms with Crippen molar-refractivity contribution in [3.05, 3.63) is 242 Å². The molecule has 5 heterocycles. The van der Waals surface area contributed by atoms with Crippen LogP contribution in [-0.4, -0.2) is 62.2 Å². The van der Waals surface area contributed by atoms with Crippen LogP contribution in [0.2, 0.25) is 0 Å². The third-order valence-corrected chi connectivity index (χ3v) is 13.2. The van der Waals surface area contributed by atoms with E-state index >= 15 is 0 Å². The fourth-order valence-corrected chi connectivity index (χ4v) is 9.15. The molecule has 0 amide bonds. The molecule has 12 rings (SSSR count). The lowest BCUT2D eigenvalue weighted by molar-refractivity contribution is 0.0587. The van der Waals surface area contributed by atoms with Crippen molar-refractivity contribution in [2.75, 3.05) is 27.9 Å². The number of aliphatic hydroxyl groups is 1. The van der Waals surface area contributed by atoms with Gasteiger partial charge in [0, 0.05) is 68.2 Å². The molecular weight excluding hydrogens is 1130 g/mol. The molecule has 19 nitrogen and oxygen atoms in total. The summed E-state index contributed by atoms with van der Waals surface area (Å²) in [5.41, 5.74) is 28.8. The van der Waals surface area contributed by atoms with Gasteiger partial charge in [-0.1, -0.05) is 120 Å². The molecule has 0 aliphatic carbocycles. The summed E-state index contributed by atoms with van der Waals surface area (Å²) >= 11 is 0. The molecule has 1 aliphatic heterocycles. The molecule has 89 heavy (non-hydrogen) atoms. The van der Waals surface area contributed by atoms with Crippen LogP contribution in [0.4, 0.5) is 0 Å². The fourth-order valence-electron chi connectivity index (χ4n) is 9.15. The number of aryl methyl sites for hydroxylation is 4. The molecule has 0 saturated heterocycles. The van der Waals surface area contributed by atoms with Crippen LogP contribution in [0, 0.1) is 40.0 Å². The predicted octanol–water partition coefficient (Wildman–Crippen LogP) is 14.6. The Balaban J connectivity index is 0.000000166. The minimum atomic E-state index is -0.525. The van der Waals surface area contributed by atoms with Crippen LogP contribution in [0.25, 0.3) is 54.3 Å². The number of benzene rings is 7. The Morgan fingerprint density at radius 3 is 1.54 bits per heavy atom. The minimum absolute atomic E-state index is 0.0320. The van der Waals surface area contributed by atoms with E-state index in [2.05, 4.69) is 43.1 Å². The number of terminal acetylenes is 1. The first-order valence-electron chi connectivity index (χ1n) is 27.9. The maximum atomic E-state index is 11.4. The van der Waals surface area contributed by atoms with Gasteiger partial charge in [0.15, 0.2) is 0 Å². The second-order valence-electron chi connectivity index (χ2n) is 19.6. The number of carbonyl (C=O) groups excluding carboxylic acids is 3. The van der Waals surface area contributed by atoms with Crippen LogP contribution >= 0.6 is 0 Å². The summed E-state index contributed by atoms with van der Waals surface area (Å²) in [6.45, 7) is 11.3. The van der Waals surface area contributed by atoms with Gasteiger partial charge in [0.1, 0.15) is 92.0 Å². The zero-order valence-corrected chi connectivity index (χ0v) is 50.8. The van der Waals surface area contributed by atoms with E-state index in [1.807, 2.05) is 131 Å². The molecule has 1 unspecified atom stereocenters. The molecule has 1 aliphatic rings. The predicted molar refractivity (Wildman–Crippen MR) is 341 cm³/mol. The number of fused-ring (bicyclic) bond motifs is 5. The zero-order chi connectivity index (χ0) is 64.4. The Morgan fingerprint density at radius 1 is 0.584 bits per heavy atom. The average molecular weight is 1210 g/mol. The Hall–Kier alpha value is -10.7. The van der Waals surface area contributed by atoms with Gasteiger partial charge in [-0.3, -0.25) is 0 Å². The highest BCUT2D eigenvalue weighted by atomic mass is 16.5. The van der Waals surface area contributed by atoms with Gasteiger partial charge in [-0.05, 0) is 100 Å². The maximum absolute atomic E-state index is 11.4. The average Bonchev–Trinajstić information content (AvgIpc) is 4.50. The number of hydrogen-bond donors (Lipinski definition) is 4. The molecule has 6 N–H and O–H groups in total. The van der Waals surface area contributed by atoms with Crippen molar-refractivity contribution in [2.24, 2.45) is 16.6 Å². The number of para-hydroxylation sites is 7. The van der Waals surface area contributed by atoms with Crippen LogP contribution in [0.15, 0.2) is 187 Å². The first kappa shape index (κ1) is 67.4. The van der Waals surface area contributed by atoms with Crippen molar-refractivity contribution in [3.8, 4) is 29.6 Å². The summed E-state index contributed by atoms with van der Waals surface area (Å²) < 4.78 is 46.4. The topological polar surface area (TPSA) is 291 Å². The number of nitrogens with zero attached hydrogens (tertiary/aromatic N) is 3. The van der Waals surface area contributed by atoms with E-state index in [0.29, 0.717) is 48.2 Å². The summed E-state index contributed by atoms with van der Waals surface area (Å²) in [6, 6.07) is 50.0. The van der Waals surface area contributed by atoms with Crippen molar-refractivity contribution >= 4 is 61.8 Å². The molecule has 0 spiro atoms. The molecule has 0 fully saturated rings. The SMILES string of the molecule is C#CCOc1ccccc1C(=O)OC.CC1Cc2cccc(CN)c2O1.COC(=O)c1cccc2cc(C)oc12.COC(=O)c1ccccc1O.Cc1cc2cccc(CN)c2o1.Cc1cc2cccc(CN=[N+]=[N-])c2o1.Cc1cc2cccc(CO)c2o1. The number of nitrogens with two attached hydrogens (primary N) is 2. The van der Waals surface area contributed by atoms with Gasteiger partial charge in [-0.2, -0.15) is 0 Å². The van der Waals surface area contributed by atoms with Crippen LogP contribution in [0.5, 0.6) is 17.2 Å². The van der Waals surface area contributed by atoms with E-state index in [1.54, 1.807) is 42.5 Å². The third kappa shape index (κ3) is 18.6. The summed E-state index contributed by atoms with van der Waals surface area (Å²) in [6.07, 6.45) is 6.37. The van der Waals surface area contributed by atoms with Gasteiger partial charge < -0.3 is 63.0 Å². The monoisotopic (exact) mass is 1210 g/mol. The van der Waals surface area contributed by atoms with Gasteiger partial charge in [0.25, 0.3) is 0 Å². The molecule has 460 valence electrons. The number of aromatic hydroxyl groups is 1. The van der Waals surface area contributed by atoms with E-state index in [1.165, 1.54) is 39.0 Å². The largest absolute Gasteiger partial charge is 0.507 e. The summed E-state index contributed by atoms with van der Waals surface area (Å²) in [5.74, 6) is 5.88. The molecule has 1 atom stereocenters. The van der Waals surface area contributed by atoms with Crippen molar-refractivity contribution in [1.29, 1.82) is 0 Å². The van der Waals surface area contributed by atoms with Crippen LogP contribution < -0.4 is 20.9 Å². The molecule has 4 aromatic heterocycles. The highest BCUT2D eigenvalue weighted by Crippen LogP contribution is 2.32. The lowest BCUT2D eigenvalue weighted by Crippen LogP contribution is -2.06. The first-order valence-corrected chi connectivity index (χ1v) is 27.9. The molecule has 11 aromatic rings. The Bertz CT molecular complexity index is 4160. The second kappa shape index (κ2) is 33.8. The quantitative estimate of drug-likeness (QED) is 0.0247. The molecule has 19 heteroatoms. The molecule has 0 radical (unpaired) electrons. The summed E-state index contributed by atoms with van der Waals surface area (Å²) in [7, 11) is 3.95. The number of ether oxygens (including phenoxy) is 5. The van der Waals surface area contributed by atoms with E-state index in [0.717, 1.165) is 95.8 Å².